The molecule has 0 saturated carbocycles. The summed E-state index contributed by atoms with van der Waals surface area (Å²) < 4.78 is 5.49. The van der Waals surface area contributed by atoms with Crippen molar-refractivity contribution in [1.82, 2.24) is 9.80 Å². The van der Waals surface area contributed by atoms with Crippen molar-refractivity contribution < 1.29 is 24.5 Å². The van der Waals surface area contributed by atoms with E-state index in [2.05, 4.69) is 0 Å². The number of nitrogens with zero attached hydrogens (tertiary/aromatic N) is 2. The Hall–Kier alpha value is -3.84. The predicted molar refractivity (Wildman–Crippen MR) is 140 cm³/mol. The number of fused-ring (bicyclic) bond motifs is 1. The quantitative estimate of drug-likeness (QED) is 0.534. The van der Waals surface area contributed by atoms with Crippen LogP contribution in [0.15, 0.2) is 78.9 Å². The second-order valence-electron chi connectivity index (χ2n) is 9.98. The zero-order valence-electron chi connectivity index (χ0n) is 21.1. The molecule has 2 aliphatic rings. The first-order valence-electron chi connectivity index (χ1n) is 12.6. The number of methoxy groups -OCH3 is 1. The van der Waals surface area contributed by atoms with Gasteiger partial charge in [-0.05, 0) is 54.2 Å². The molecule has 4 unspecified atom stereocenters. The third-order valence-electron chi connectivity index (χ3n) is 8.08. The van der Waals surface area contributed by atoms with E-state index >= 15 is 0 Å². The van der Waals surface area contributed by atoms with Crippen LogP contribution in [0.3, 0.4) is 0 Å². The minimum Gasteiger partial charge on any atom is -0.497 e. The van der Waals surface area contributed by atoms with Gasteiger partial charge in [0.15, 0.2) is 5.72 Å². The molecule has 7 nitrogen and oxygen atoms in total. The lowest BCUT2D eigenvalue weighted by atomic mass is 9.67. The van der Waals surface area contributed by atoms with E-state index in [1.165, 1.54) is 9.80 Å². The van der Waals surface area contributed by atoms with Crippen molar-refractivity contribution in [1.29, 1.82) is 0 Å². The molecule has 0 radical (unpaired) electrons. The molecule has 2 aliphatic heterocycles. The van der Waals surface area contributed by atoms with Gasteiger partial charge in [-0.3, -0.25) is 4.79 Å². The van der Waals surface area contributed by atoms with Crippen molar-refractivity contribution in [3.05, 3.63) is 101 Å². The van der Waals surface area contributed by atoms with Crippen LogP contribution < -0.4 is 4.74 Å². The number of likely N-dealkylation sites (N-methyl/N-ethyl adjacent to an activating group) is 1. The summed E-state index contributed by atoms with van der Waals surface area (Å²) in [6.07, 6.45) is 0.443. The van der Waals surface area contributed by atoms with Gasteiger partial charge in [-0.1, -0.05) is 60.7 Å². The van der Waals surface area contributed by atoms with E-state index in [0.717, 1.165) is 16.7 Å². The molecule has 3 aromatic rings. The van der Waals surface area contributed by atoms with Crippen LogP contribution in [0.1, 0.15) is 45.8 Å². The molecule has 192 valence electrons. The van der Waals surface area contributed by atoms with Gasteiger partial charge in [0.2, 0.25) is 0 Å². The fourth-order valence-corrected chi connectivity index (χ4v) is 6.22. The van der Waals surface area contributed by atoms with E-state index in [9.17, 15) is 19.8 Å². The van der Waals surface area contributed by atoms with Crippen molar-refractivity contribution in [2.45, 2.75) is 36.9 Å². The van der Waals surface area contributed by atoms with Crippen LogP contribution in [0, 0.1) is 5.92 Å². The highest BCUT2D eigenvalue weighted by atomic mass is 16.5. The summed E-state index contributed by atoms with van der Waals surface area (Å²) >= 11 is 0. The standard InChI is InChI=1S/C30H32N2O5/c1-31-28(33)25-14-13-24(37-2)19-26(25)27(21-11-7-4-8-12-21)30(31,36)22-15-16-32(29(34)35)23(18-22)17-20-9-5-3-6-10-20/h3-14,19,22-23,27,36H,15-18H2,1-2H3,(H,34,35). The molecule has 2 heterocycles. The molecule has 0 aliphatic carbocycles. The Balaban J connectivity index is 1.60. The van der Waals surface area contributed by atoms with Crippen LogP contribution in [-0.4, -0.2) is 64.5 Å². The molecule has 1 saturated heterocycles. The molecular weight excluding hydrogens is 468 g/mol. The van der Waals surface area contributed by atoms with Crippen LogP contribution in [0.5, 0.6) is 5.75 Å². The van der Waals surface area contributed by atoms with Gasteiger partial charge >= 0.3 is 6.09 Å². The molecule has 0 bridgehead atoms. The van der Waals surface area contributed by atoms with Gasteiger partial charge in [0.05, 0.1) is 13.0 Å². The third-order valence-corrected chi connectivity index (χ3v) is 8.08. The summed E-state index contributed by atoms with van der Waals surface area (Å²) in [4.78, 5) is 28.7. The summed E-state index contributed by atoms with van der Waals surface area (Å²) in [5.41, 5.74) is 1.62. The maximum absolute atomic E-state index is 13.6. The Morgan fingerprint density at radius 2 is 1.73 bits per heavy atom. The molecule has 7 heteroatoms. The predicted octanol–water partition coefficient (Wildman–Crippen LogP) is 4.60. The molecule has 2 N–H and O–H groups in total. The van der Waals surface area contributed by atoms with E-state index in [4.69, 9.17) is 4.74 Å². The summed E-state index contributed by atoms with van der Waals surface area (Å²) in [5, 5.41) is 22.6. The van der Waals surface area contributed by atoms with Gasteiger partial charge in [0.1, 0.15) is 5.75 Å². The number of rotatable bonds is 5. The smallest absolute Gasteiger partial charge is 0.407 e. The number of likely N-dealkylation sites (tertiary alicyclic amines) is 1. The maximum Gasteiger partial charge on any atom is 0.407 e. The first-order valence-corrected chi connectivity index (χ1v) is 12.6. The number of ether oxygens (including phenoxy) is 1. The second kappa shape index (κ2) is 9.90. The number of piperidine rings is 1. The van der Waals surface area contributed by atoms with Gasteiger partial charge in [0.25, 0.3) is 5.91 Å². The third kappa shape index (κ3) is 4.33. The number of benzene rings is 3. The van der Waals surface area contributed by atoms with Crippen LogP contribution in [0.2, 0.25) is 0 Å². The largest absolute Gasteiger partial charge is 0.497 e. The van der Waals surface area contributed by atoms with Crippen molar-refractivity contribution in [2.75, 3.05) is 20.7 Å². The summed E-state index contributed by atoms with van der Waals surface area (Å²) in [7, 11) is 3.24. The first kappa shape index (κ1) is 24.8. The monoisotopic (exact) mass is 500 g/mol. The summed E-state index contributed by atoms with van der Waals surface area (Å²) in [6, 6.07) is 24.6. The van der Waals surface area contributed by atoms with Crippen LogP contribution in [0.25, 0.3) is 0 Å². The van der Waals surface area contributed by atoms with E-state index < -0.39 is 17.7 Å². The van der Waals surface area contributed by atoms with E-state index in [1.807, 2.05) is 66.7 Å². The lowest BCUT2D eigenvalue weighted by Crippen LogP contribution is -2.64. The maximum atomic E-state index is 13.6. The van der Waals surface area contributed by atoms with Crippen molar-refractivity contribution in [2.24, 2.45) is 5.92 Å². The lowest BCUT2D eigenvalue weighted by molar-refractivity contribution is -0.150. The minimum absolute atomic E-state index is 0.257. The lowest BCUT2D eigenvalue weighted by Gasteiger charge is -2.54. The van der Waals surface area contributed by atoms with E-state index in [0.29, 0.717) is 30.6 Å². The Labute approximate surface area is 216 Å². The number of amides is 2. The Kier molecular flexibility index (Phi) is 6.65. The molecule has 2 amide bonds. The average Bonchev–Trinajstić information content (AvgIpc) is 2.92. The molecule has 1 fully saturated rings. The van der Waals surface area contributed by atoms with Crippen LogP contribution >= 0.6 is 0 Å². The second-order valence-corrected chi connectivity index (χ2v) is 9.98. The molecule has 4 atom stereocenters. The highest BCUT2D eigenvalue weighted by Crippen LogP contribution is 2.50. The SMILES string of the molecule is COc1ccc2c(c1)C(c1ccccc1)C(O)(C1CCN(C(=O)O)C(Cc3ccccc3)C1)N(C)C2=O. The zero-order chi connectivity index (χ0) is 26.2. The number of carboxylic acid groups (broad SMARTS) is 1. The summed E-state index contributed by atoms with van der Waals surface area (Å²) in [6.45, 7) is 0.286. The average molecular weight is 501 g/mol. The van der Waals surface area contributed by atoms with Gasteiger partial charge in [-0.25, -0.2) is 4.79 Å². The van der Waals surface area contributed by atoms with Crippen molar-refractivity contribution in [3.63, 3.8) is 0 Å². The van der Waals surface area contributed by atoms with Crippen molar-refractivity contribution >= 4 is 12.0 Å². The Bertz CT molecular complexity index is 1280. The van der Waals surface area contributed by atoms with Crippen molar-refractivity contribution in [3.8, 4) is 5.75 Å². The van der Waals surface area contributed by atoms with Gasteiger partial charge in [-0.15, -0.1) is 0 Å². The van der Waals surface area contributed by atoms with Crippen LogP contribution in [0.4, 0.5) is 4.79 Å². The Morgan fingerprint density at radius 1 is 1.05 bits per heavy atom. The van der Waals surface area contributed by atoms with Crippen LogP contribution in [-0.2, 0) is 6.42 Å². The molecular formula is C30H32N2O5. The number of aliphatic hydroxyl groups is 1. The molecule has 0 aromatic heterocycles. The Morgan fingerprint density at radius 3 is 2.38 bits per heavy atom. The van der Waals surface area contributed by atoms with E-state index in [-0.39, 0.29) is 24.4 Å². The topological polar surface area (TPSA) is 90.3 Å². The fraction of sp³-hybridized carbons (Fsp3) is 0.333. The number of hydrogen-bond acceptors (Lipinski definition) is 4. The molecule has 3 aromatic carbocycles. The highest BCUT2D eigenvalue weighted by molar-refractivity contribution is 5.98. The molecule has 37 heavy (non-hydrogen) atoms. The van der Waals surface area contributed by atoms with E-state index in [1.54, 1.807) is 26.3 Å². The molecule has 5 rings (SSSR count). The highest BCUT2D eigenvalue weighted by Gasteiger charge is 2.56. The number of carbonyl (C=O) groups is 2. The summed E-state index contributed by atoms with van der Waals surface area (Å²) in [5.74, 6) is -0.523. The zero-order valence-corrected chi connectivity index (χ0v) is 21.1. The minimum atomic E-state index is -1.56. The number of hydrogen-bond donors (Lipinski definition) is 2. The van der Waals surface area contributed by atoms with Gasteiger partial charge in [0, 0.05) is 31.1 Å². The fourth-order valence-electron chi connectivity index (χ4n) is 6.22. The molecule has 0 spiro atoms. The van der Waals surface area contributed by atoms with Gasteiger partial charge < -0.3 is 24.7 Å². The normalized spacial score (nSPS) is 25.5. The first-order chi connectivity index (χ1) is 17.8. The van der Waals surface area contributed by atoms with Gasteiger partial charge in [-0.2, -0.15) is 0 Å². The number of carbonyl (C=O) groups excluding carboxylic acids is 1.